The van der Waals surface area contributed by atoms with Crippen LogP contribution in [-0.4, -0.2) is 58.5 Å². The van der Waals surface area contributed by atoms with Gasteiger partial charge in [0.05, 0.1) is 35.7 Å². The molecule has 0 bridgehead atoms. The molecule has 0 aliphatic carbocycles. The monoisotopic (exact) mass is 741 g/mol. The molecule has 2 N–H and O–H groups in total. The fourth-order valence-electron chi connectivity index (χ4n) is 4.72. The standard InChI is InChI=1S/C33H30Cl2F5N5O5/c1-19(46)45(42-15-22-7-4-10-27(38)32(22)35)24(17-49-18-25-12-28(43-50-25)20-5-2-8-23(36)11-20)16-44(30(47)13-29(39)40)33(48)41-14-21-6-3-9-26(37)31(21)34/h2-12,24,29,42H,13-18H2,1H3,(H,41,48)/t24-/m0/s1. The minimum absolute atomic E-state index is 0.143. The summed E-state index contributed by atoms with van der Waals surface area (Å²) >= 11 is 12.0. The molecule has 0 aliphatic heterocycles. The van der Waals surface area contributed by atoms with Gasteiger partial charge in [0.25, 0.3) is 0 Å². The van der Waals surface area contributed by atoms with Gasteiger partial charge in [-0.1, -0.05) is 64.8 Å². The Morgan fingerprint density at radius 2 is 1.56 bits per heavy atom. The van der Waals surface area contributed by atoms with Crippen molar-refractivity contribution in [3.05, 3.63) is 111 Å². The zero-order chi connectivity index (χ0) is 36.4. The van der Waals surface area contributed by atoms with Gasteiger partial charge < -0.3 is 14.6 Å². The van der Waals surface area contributed by atoms with Crippen molar-refractivity contribution in [1.29, 1.82) is 0 Å². The number of carbonyl (C=O) groups is 3. The average Bonchev–Trinajstić information content (AvgIpc) is 3.54. The van der Waals surface area contributed by atoms with Gasteiger partial charge in [-0.25, -0.2) is 32.2 Å². The van der Waals surface area contributed by atoms with Gasteiger partial charge in [0, 0.05) is 31.6 Å². The van der Waals surface area contributed by atoms with Crippen LogP contribution in [0.5, 0.6) is 0 Å². The first kappa shape index (κ1) is 38.2. The summed E-state index contributed by atoms with van der Waals surface area (Å²) in [6.07, 6.45) is -4.46. The SMILES string of the molecule is CC(=O)N(NCc1cccc(F)c1Cl)[C@H](COCc1cc(-c2cccc(F)c2)no1)CN(C(=O)CC(F)F)C(=O)NCc1cccc(F)c1Cl. The Balaban J connectivity index is 1.58. The molecule has 1 heterocycles. The molecule has 3 aromatic carbocycles. The van der Waals surface area contributed by atoms with Crippen LogP contribution < -0.4 is 10.7 Å². The van der Waals surface area contributed by atoms with E-state index < -0.39 is 67.3 Å². The van der Waals surface area contributed by atoms with Gasteiger partial charge in [0.1, 0.15) is 29.8 Å². The highest BCUT2D eigenvalue weighted by Crippen LogP contribution is 2.23. The number of alkyl halides is 2. The van der Waals surface area contributed by atoms with Crippen LogP contribution >= 0.6 is 23.2 Å². The third kappa shape index (κ3) is 10.5. The molecule has 0 saturated heterocycles. The highest BCUT2D eigenvalue weighted by molar-refractivity contribution is 6.31. The van der Waals surface area contributed by atoms with E-state index in [1.807, 2.05) is 0 Å². The summed E-state index contributed by atoms with van der Waals surface area (Å²) in [5.41, 5.74) is 3.91. The fourth-order valence-corrected chi connectivity index (χ4v) is 5.11. The number of benzene rings is 3. The van der Waals surface area contributed by atoms with Gasteiger partial charge in [-0.05, 0) is 35.4 Å². The molecule has 1 aromatic heterocycles. The first-order valence-electron chi connectivity index (χ1n) is 14.9. The van der Waals surface area contributed by atoms with E-state index in [1.54, 1.807) is 6.07 Å². The van der Waals surface area contributed by atoms with E-state index in [1.165, 1.54) is 48.5 Å². The number of halogens is 7. The number of nitrogens with zero attached hydrogens (tertiary/aromatic N) is 3. The topological polar surface area (TPSA) is 117 Å². The molecule has 1 atom stereocenters. The number of hydrogen-bond donors (Lipinski definition) is 2. The molecule has 0 unspecified atom stereocenters. The molecule has 4 rings (SSSR count). The number of carbonyl (C=O) groups excluding carboxylic acids is 3. The predicted molar refractivity (Wildman–Crippen MR) is 172 cm³/mol. The lowest BCUT2D eigenvalue weighted by atomic mass is 10.1. The third-order valence-corrected chi connectivity index (χ3v) is 7.99. The van der Waals surface area contributed by atoms with Crippen LogP contribution in [0.3, 0.4) is 0 Å². The van der Waals surface area contributed by atoms with Gasteiger partial charge in [-0.2, -0.15) is 0 Å². The molecule has 0 spiro atoms. The Morgan fingerprint density at radius 3 is 2.18 bits per heavy atom. The van der Waals surface area contributed by atoms with E-state index in [0.29, 0.717) is 16.2 Å². The maximum Gasteiger partial charge on any atom is 0.324 e. The van der Waals surface area contributed by atoms with Gasteiger partial charge in [-0.15, -0.1) is 0 Å². The van der Waals surface area contributed by atoms with Crippen LogP contribution in [0.1, 0.15) is 30.2 Å². The molecule has 0 radical (unpaired) electrons. The van der Waals surface area contributed by atoms with Crippen molar-refractivity contribution >= 4 is 41.0 Å². The summed E-state index contributed by atoms with van der Waals surface area (Å²) in [5.74, 6) is -3.74. The highest BCUT2D eigenvalue weighted by atomic mass is 35.5. The van der Waals surface area contributed by atoms with E-state index in [4.69, 9.17) is 32.5 Å². The number of hydrazine groups is 1. The second-order valence-electron chi connectivity index (χ2n) is 10.8. The molecule has 0 fully saturated rings. The number of urea groups is 1. The highest BCUT2D eigenvalue weighted by Gasteiger charge is 2.32. The molecule has 0 aliphatic rings. The number of nitrogens with one attached hydrogen (secondary N) is 2. The van der Waals surface area contributed by atoms with Crippen LogP contribution in [0, 0.1) is 17.5 Å². The molecule has 266 valence electrons. The maximum atomic E-state index is 14.1. The van der Waals surface area contributed by atoms with Gasteiger partial charge in [0.2, 0.25) is 18.2 Å². The molecule has 0 saturated carbocycles. The van der Waals surface area contributed by atoms with E-state index in [9.17, 15) is 36.3 Å². The summed E-state index contributed by atoms with van der Waals surface area (Å²) in [7, 11) is 0. The molecule has 4 amide bonds. The Bertz CT molecular complexity index is 1810. The minimum atomic E-state index is -3.12. The quantitative estimate of drug-likeness (QED) is 0.101. The molecular formula is C33H30Cl2F5N5O5. The van der Waals surface area contributed by atoms with Crippen molar-refractivity contribution in [2.75, 3.05) is 13.2 Å². The summed E-state index contributed by atoms with van der Waals surface area (Å²) in [4.78, 5) is 39.7. The zero-order valence-electron chi connectivity index (χ0n) is 26.3. The Kier molecular flexibility index (Phi) is 13.7. The van der Waals surface area contributed by atoms with E-state index >= 15 is 0 Å². The Hall–Kier alpha value is -4.57. The lowest BCUT2D eigenvalue weighted by molar-refractivity contribution is -0.141. The van der Waals surface area contributed by atoms with Crippen LogP contribution in [0.2, 0.25) is 10.0 Å². The van der Waals surface area contributed by atoms with Crippen LogP contribution in [-0.2, 0) is 34.0 Å². The molecule has 10 nitrogen and oxygen atoms in total. The van der Waals surface area contributed by atoms with Crippen LogP contribution in [0.25, 0.3) is 11.3 Å². The number of aromatic nitrogens is 1. The lowest BCUT2D eigenvalue weighted by Crippen LogP contribution is -2.57. The Labute approximate surface area is 293 Å². The van der Waals surface area contributed by atoms with E-state index in [-0.39, 0.29) is 46.6 Å². The van der Waals surface area contributed by atoms with Gasteiger partial charge in [0.15, 0.2) is 5.76 Å². The first-order valence-corrected chi connectivity index (χ1v) is 15.6. The second-order valence-corrected chi connectivity index (χ2v) is 11.5. The summed E-state index contributed by atoms with van der Waals surface area (Å²) in [6.45, 7) is -0.784. The lowest BCUT2D eigenvalue weighted by Gasteiger charge is -2.34. The molecular weight excluding hydrogens is 712 g/mol. The molecule has 17 heteroatoms. The zero-order valence-corrected chi connectivity index (χ0v) is 27.8. The van der Waals surface area contributed by atoms with E-state index in [0.717, 1.165) is 24.1 Å². The molecule has 50 heavy (non-hydrogen) atoms. The summed E-state index contributed by atoms with van der Waals surface area (Å²) in [5, 5.41) is 6.73. The minimum Gasteiger partial charge on any atom is -0.371 e. The maximum absolute atomic E-state index is 14.1. The van der Waals surface area contributed by atoms with E-state index in [2.05, 4.69) is 15.9 Å². The second kappa shape index (κ2) is 17.9. The van der Waals surface area contributed by atoms with Gasteiger partial charge >= 0.3 is 6.03 Å². The number of rotatable bonds is 15. The van der Waals surface area contributed by atoms with Crippen molar-refractivity contribution in [3.63, 3.8) is 0 Å². The number of hydrogen-bond acceptors (Lipinski definition) is 7. The molecule has 4 aromatic rings. The largest absolute Gasteiger partial charge is 0.371 e. The van der Waals surface area contributed by atoms with Gasteiger partial charge in [-0.3, -0.25) is 19.5 Å². The van der Waals surface area contributed by atoms with Crippen molar-refractivity contribution in [2.24, 2.45) is 0 Å². The summed E-state index contributed by atoms with van der Waals surface area (Å²) < 4.78 is 79.6. The predicted octanol–water partition coefficient (Wildman–Crippen LogP) is 6.90. The summed E-state index contributed by atoms with van der Waals surface area (Å²) in [6, 6.07) is 12.6. The fraction of sp³-hybridized carbons (Fsp3) is 0.273. The van der Waals surface area contributed by atoms with Crippen molar-refractivity contribution in [3.8, 4) is 11.3 Å². The number of ether oxygens (including phenoxy) is 1. The Morgan fingerprint density at radius 1 is 0.920 bits per heavy atom. The number of imide groups is 1. The van der Waals surface area contributed by atoms with Crippen molar-refractivity contribution in [1.82, 2.24) is 25.8 Å². The normalized spacial score (nSPS) is 11.8. The third-order valence-electron chi connectivity index (χ3n) is 7.14. The number of amides is 4. The van der Waals surface area contributed by atoms with Crippen molar-refractivity contribution < 1.29 is 45.6 Å². The average molecular weight is 743 g/mol. The van der Waals surface area contributed by atoms with Crippen LogP contribution in [0.4, 0.5) is 26.7 Å². The smallest absolute Gasteiger partial charge is 0.324 e. The van der Waals surface area contributed by atoms with Crippen LogP contribution in [0.15, 0.2) is 71.3 Å². The van der Waals surface area contributed by atoms with Crippen molar-refractivity contribution in [2.45, 2.75) is 45.5 Å². The first-order chi connectivity index (χ1) is 23.8.